The normalized spacial score (nSPS) is 18.3. The molecule has 1 fully saturated rings. The van der Waals surface area contributed by atoms with E-state index in [2.05, 4.69) is 4.90 Å². The lowest BCUT2D eigenvalue weighted by Gasteiger charge is -2.30. The first-order chi connectivity index (χ1) is 8.15. The van der Waals surface area contributed by atoms with Gasteiger partial charge in [-0.1, -0.05) is 24.3 Å². The second-order valence-corrected chi connectivity index (χ2v) is 4.73. The van der Waals surface area contributed by atoms with Crippen molar-refractivity contribution in [3.05, 3.63) is 29.8 Å². The Morgan fingerprint density at radius 2 is 1.76 bits per heavy atom. The third-order valence-electron chi connectivity index (χ3n) is 3.32. The van der Waals surface area contributed by atoms with Crippen molar-refractivity contribution in [3.8, 4) is 0 Å². The van der Waals surface area contributed by atoms with Crippen LogP contribution in [-0.4, -0.2) is 41.2 Å². The van der Waals surface area contributed by atoms with Gasteiger partial charge in [0.1, 0.15) is 0 Å². The maximum atomic E-state index is 9.00. The van der Waals surface area contributed by atoms with Gasteiger partial charge in [-0.2, -0.15) is 0 Å². The first kappa shape index (κ1) is 12.6. The molecule has 1 aromatic carbocycles. The zero-order chi connectivity index (χ0) is 12.3. The van der Waals surface area contributed by atoms with Gasteiger partial charge in [0.05, 0.1) is 0 Å². The number of hydrogen-bond acceptors (Lipinski definition) is 4. The lowest BCUT2D eigenvalue weighted by atomic mass is 9.80. The fourth-order valence-corrected chi connectivity index (χ4v) is 2.16. The molecule has 0 amide bonds. The van der Waals surface area contributed by atoms with E-state index in [-0.39, 0.29) is 0 Å². The van der Waals surface area contributed by atoms with Crippen LogP contribution in [0.3, 0.4) is 0 Å². The molecule has 17 heavy (non-hydrogen) atoms. The summed E-state index contributed by atoms with van der Waals surface area (Å²) < 4.78 is 0. The minimum atomic E-state index is -1.38. The first-order valence-electron chi connectivity index (χ1n) is 6.08. The van der Waals surface area contributed by atoms with E-state index in [1.165, 1.54) is 5.56 Å². The van der Waals surface area contributed by atoms with Gasteiger partial charge in [0.15, 0.2) is 0 Å². The molecule has 92 valence electrons. The summed E-state index contributed by atoms with van der Waals surface area (Å²) >= 11 is 0. The van der Waals surface area contributed by atoms with Crippen molar-refractivity contribution in [3.63, 3.8) is 0 Å². The smallest absolute Gasteiger partial charge is 0.423 e. The summed E-state index contributed by atoms with van der Waals surface area (Å²) in [5.41, 5.74) is 7.60. The molecule has 1 aromatic rings. The van der Waals surface area contributed by atoms with Gasteiger partial charge in [-0.3, -0.25) is 4.90 Å². The van der Waals surface area contributed by atoms with Crippen LogP contribution in [0.15, 0.2) is 24.3 Å². The Hall–Kier alpha value is -0.875. The number of piperidine rings is 1. The maximum absolute atomic E-state index is 9.00. The van der Waals surface area contributed by atoms with E-state index in [4.69, 9.17) is 15.8 Å². The molecule has 1 aliphatic rings. The molecule has 4 nitrogen and oxygen atoms in total. The van der Waals surface area contributed by atoms with Crippen molar-refractivity contribution in [1.82, 2.24) is 4.90 Å². The molecule has 0 saturated carbocycles. The van der Waals surface area contributed by atoms with Crippen molar-refractivity contribution >= 4 is 12.6 Å². The van der Waals surface area contributed by atoms with E-state index in [9.17, 15) is 0 Å². The molecule has 0 aliphatic carbocycles. The highest BCUT2D eigenvalue weighted by Crippen LogP contribution is 2.11. The first-order valence-corrected chi connectivity index (χ1v) is 6.08. The molecule has 0 aromatic heterocycles. The summed E-state index contributed by atoms with van der Waals surface area (Å²) in [6.07, 6.45) is 2.13. The van der Waals surface area contributed by atoms with Gasteiger partial charge >= 0.3 is 7.12 Å². The molecular weight excluding hydrogens is 215 g/mol. The van der Waals surface area contributed by atoms with Crippen molar-refractivity contribution < 1.29 is 10.0 Å². The Morgan fingerprint density at radius 3 is 2.29 bits per heavy atom. The Balaban J connectivity index is 1.90. The number of hydrogen-bond donors (Lipinski definition) is 3. The summed E-state index contributed by atoms with van der Waals surface area (Å²) in [5.74, 6) is 0. The summed E-state index contributed by atoms with van der Waals surface area (Å²) in [6.45, 7) is 3.01. The van der Waals surface area contributed by atoms with E-state index >= 15 is 0 Å². The van der Waals surface area contributed by atoms with Crippen LogP contribution in [0, 0.1) is 0 Å². The van der Waals surface area contributed by atoms with Crippen molar-refractivity contribution in [2.75, 3.05) is 13.1 Å². The fourth-order valence-electron chi connectivity index (χ4n) is 2.16. The van der Waals surface area contributed by atoms with Crippen molar-refractivity contribution in [2.45, 2.75) is 25.4 Å². The van der Waals surface area contributed by atoms with Gasteiger partial charge in [-0.05, 0) is 37.0 Å². The quantitative estimate of drug-likeness (QED) is 0.604. The molecule has 4 N–H and O–H groups in total. The Bertz CT molecular complexity index is 348. The molecule has 0 bridgehead atoms. The fraction of sp³-hybridized carbons (Fsp3) is 0.500. The van der Waals surface area contributed by atoms with Gasteiger partial charge in [-0.25, -0.2) is 0 Å². The van der Waals surface area contributed by atoms with Crippen LogP contribution in [0.25, 0.3) is 0 Å². The number of nitrogens with two attached hydrogens (primary N) is 1. The van der Waals surface area contributed by atoms with E-state index in [1.54, 1.807) is 12.1 Å². The van der Waals surface area contributed by atoms with E-state index in [0.29, 0.717) is 11.5 Å². The predicted octanol–water partition coefficient (Wildman–Crippen LogP) is -0.711. The van der Waals surface area contributed by atoms with Gasteiger partial charge < -0.3 is 15.8 Å². The van der Waals surface area contributed by atoms with Crippen LogP contribution in [0.1, 0.15) is 18.4 Å². The lowest BCUT2D eigenvalue weighted by molar-refractivity contribution is 0.205. The summed E-state index contributed by atoms with van der Waals surface area (Å²) in [7, 11) is -1.38. The highest BCUT2D eigenvalue weighted by Gasteiger charge is 2.16. The molecule has 1 saturated heterocycles. The van der Waals surface area contributed by atoms with Gasteiger partial charge in [0, 0.05) is 12.6 Å². The van der Waals surface area contributed by atoms with E-state index in [0.717, 1.165) is 32.5 Å². The van der Waals surface area contributed by atoms with Gasteiger partial charge in [0.2, 0.25) is 0 Å². The van der Waals surface area contributed by atoms with Crippen LogP contribution in [0.2, 0.25) is 0 Å². The van der Waals surface area contributed by atoms with Crippen LogP contribution < -0.4 is 11.2 Å². The van der Waals surface area contributed by atoms with Crippen molar-refractivity contribution in [2.24, 2.45) is 5.73 Å². The van der Waals surface area contributed by atoms with Crippen molar-refractivity contribution in [1.29, 1.82) is 0 Å². The standard InChI is InChI=1S/C12H19BN2O2/c14-12-5-7-15(8-6-12)9-10-1-3-11(4-2-10)13(16)17/h1-4,12,16-17H,5-9,14H2. The largest absolute Gasteiger partial charge is 0.488 e. The number of nitrogens with zero attached hydrogens (tertiary/aromatic N) is 1. The predicted molar refractivity (Wildman–Crippen MR) is 68.8 cm³/mol. The number of likely N-dealkylation sites (tertiary alicyclic amines) is 1. The molecule has 1 heterocycles. The Morgan fingerprint density at radius 1 is 1.18 bits per heavy atom. The molecule has 0 radical (unpaired) electrons. The third-order valence-corrected chi connectivity index (χ3v) is 3.32. The van der Waals surface area contributed by atoms with E-state index < -0.39 is 7.12 Å². The SMILES string of the molecule is NC1CCN(Cc2ccc(B(O)O)cc2)CC1. The monoisotopic (exact) mass is 234 g/mol. The van der Waals surface area contributed by atoms with Gasteiger partial charge in [-0.15, -0.1) is 0 Å². The molecule has 5 heteroatoms. The topological polar surface area (TPSA) is 69.7 Å². The minimum absolute atomic E-state index is 0.359. The highest BCUT2D eigenvalue weighted by atomic mass is 16.4. The molecule has 0 spiro atoms. The Labute approximate surface area is 102 Å². The second kappa shape index (κ2) is 5.64. The maximum Gasteiger partial charge on any atom is 0.488 e. The molecule has 0 atom stereocenters. The van der Waals surface area contributed by atoms with Crippen LogP contribution in [0.5, 0.6) is 0 Å². The number of rotatable bonds is 3. The number of benzene rings is 1. The van der Waals surface area contributed by atoms with E-state index in [1.807, 2.05) is 12.1 Å². The summed E-state index contributed by atoms with van der Waals surface area (Å²) in [4.78, 5) is 2.38. The minimum Gasteiger partial charge on any atom is -0.423 e. The average Bonchev–Trinajstić information content (AvgIpc) is 2.33. The molecule has 1 aliphatic heterocycles. The van der Waals surface area contributed by atoms with Crippen LogP contribution >= 0.6 is 0 Å². The molecule has 2 rings (SSSR count). The molecule has 0 unspecified atom stereocenters. The van der Waals surface area contributed by atoms with Crippen LogP contribution in [0.4, 0.5) is 0 Å². The third kappa shape index (κ3) is 3.54. The zero-order valence-electron chi connectivity index (χ0n) is 9.92. The zero-order valence-corrected chi connectivity index (χ0v) is 9.92. The molecular formula is C12H19BN2O2. The second-order valence-electron chi connectivity index (χ2n) is 4.73. The van der Waals surface area contributed by atoms with Crippen LogP contribution in [-0.2, 0) is 6.54 Å². The summed E-state index contributed by atoms with van der Waals surface area (Å²) in [5, 5.41) is 18.0. The van der Waals surface area contributed by atoms with Gasteiger partial charge in [0.25, 0.3) is 0 Å². The lowest BCUT2D eigenvalue weighted by Crippen LogP contribution is -2.39. The Kier molecular flexibility index (Phi) is 4.18. The average molecular weight is 234 g/mol. The highest BCUT2D eigenvalue weighted by molar-refractivity contribution is 6.58. The summed E-state index contributed by atoms with van der Waals surface area (Å²) in [6, 6.07) is 7.77.